The Hall–Kier alpha value is -0.0800. The molecule has 0 amide bonds. The van der Waals surface area contributed by atoms with Crippen molar-refractivity contribution in [2.24, 2.45) is 5.92 Å². The third-order valence-electron chi connectivity index (χ3n) is 2.34. The average molecular weight is 158 g/mol. The van der Waals surface area contributed by atoms with Crippen molar-refractivity contribution >= 4 is 0 Å². The maximum absolute atomic E-state index is 9.39. The van der Waals surface area contributed by atoms with Gasteiger partial charge in [-0.25, -0.2) is 0 Å². The molecular formula is C9H18O2. The zero-order valence-corrected chi connectivity index (χ0v) is 7.25. The van der Waals surface area contributed by atoms with E-state index in [0.717, 1.165) is 12.3 Å². The molecule has 1 fully saturated rings. The predicted octanol–water partition coefficient (Wildman–Crippen LogP) is 1.57. The first kappa shape index (κ1) is 9.01. The minimum atomic E-state index is -0.222. The van der Waals surface area contributed by atoms with Crippen LogP contribution in [0.25, 0.3) is 0 Å². The van der Waals surface area contributed by atoms with Gasteiger partial charge in [0.2, 0.25) is 0 Å². The van der Waals surface area contributed by atoms with Crippen molar-refractivity contribution in [1.29, 1.82) is 0 Å². The molecule has 1 saturated carbocycles. The molecule has 0 bridgehead atoms. The van der Waals surface area contributed by atoms with Crippen LogP contribution >= 0.6 is 0 Å². The van der Waals surface area contributed by atoms with E-state index in [2.05, 4.69) is 0 Å². The largest absolute Gasteiger partial charge is 0.391 e. The van der Waals surface area contributed by atoms with E-state index in [-0.39, 0.29) is 6.10 Å². The molecule has 66 valence electrons. The Morgan fingerprint density at radius 3 is 2.73 bits per heavy atom. The smallest absolute Gasteiger partial charge is 0.0776 e. The number of aliphatic hydroxyl groups excluding tert-OH is 1. The van der Waals surface area contributed by atoms with E-state index in [0.29, 0.717) is 13.2 Å². The molecule has 1 aliphatic rings. The van der Waals surface area contributed by atoms with E-state index in [1.165, 1.54) is 19.3 Å². The van der Waals surface area contributed by atoms with Crippen LogP contribution in [0.15, 0.2) is 0 Å². The number of hydrogen-bond acceptors (Lipinski definition) is 2. The maximum Gasteiger partial charge on any atom is 0.0776 e. The van der Waals surface area contributed by atoms with Gasteiger partial charge in [0.15, 0.2) is 0 Å². The fraction of sp³-hybridized carbons (Fsp3) is 1.00. The van der Waals surface area contributed by atoms with Crippen LogP contribution in [-0.2, 0) is 4.74 Å². The van der Waals surface area contributed by atoms with Crippen molar-refractivity contribution in [1.82, 2.24) is 0 Å². The number of aliphatic hydroxyl groups is 1. The molecule has 0 aromatic rings. The van der Waals surface area contributed by atoms with Gasteiger partial charge >= 0.3 is 0 Å². The quantitative estimate of drug-likeness (QED) is 0.658. The zero-order valence-electron chi connectivity index (χ0n) is 7.25. The van der Waals surface area contributed by atoms with Crippen LogP contribution in [0.5, 0.6) is 0 Å². The zero-order chi connectivity index (χ0) is 8.10. The highest BCUT2D eigenvalue weighted by molar-refractivity contribution is 4.72. The second-order valence-corrected chi connectivity index (χ2v) is 3.35. The summed E-state index contributed by atoms with van der Waals surface area (Å²) in [6.45, 7) is 3.19. The second kappa shape index (κ2) is 4.73. The fourth-order valence-corrected chi connectivity index (χ4v) is 1.44. The number of rotatable bonds is 5. The lowest BCUT2D eigenvalue weighted by atomic mass is 9.81. The van der Waals surface area contributed by atoms with Gasteiger partial charge in [-0.2, -0.15) is 0 Å². The van der Waals surface area contributed by atoms with Gasteiger partial charge in [-0.3, -0.25) is 0 Å². The van der Waals surface area contributed by atoms with Crippen molar-refractivity contribution in [3.63, 3.8) is 0 Å². The van der Waals surface area contributed by atoms with E-state index >= 15 is 0 Å². The van der Waals surface area contributed by atoms with E-state index in [1.54, 1.807) is 0 Å². The first-order valence-electron chi connectivity index (χ1n) is 4.58. The van der Waals surface area contributed by atoms with Gasteiger partial charge in [0.25, 0.3) is 0 Å². The normalized spacial score (nSPS) is 21.3. The molecule has 0 saturated heterocycles. The molecule has 0 radical (unpaired) electrons. The van der Waals surface area contributed by atoms with Gasteiger partial charge in [0.05, 0.1) is 12.7 Å². The van der Waals surface area contributed by atoms with E-state index < -0.39 is 0 Å². The van der Waals surface area contributed by atoms with Gasteiger partial charge in [-0.15, -0.1) is 0 Å². The highest BCUT2D eigenvalue weighted by Gasteiger charge is 2.20. The fourth-order valence-electron chi connectivity index (χ4n) is 1.44. The van der Waals surface area contributed by atoms with E-state index in [9.17, 15) is 5.11 Å². The van der Waals surface area contributed by atoms with Crippen molar-refractivity contribution < 1.29 is 9.84 Å². The SMILES string of the molecule is CCOCC(O)CC1CCC1. The molecular weight excluding hydrogens is 140 g/mol. The topological polar surface area (TPSA) is 29.5 Å². The summed E-state index contributed by atoms with van der Waals surface area (Å²) >= 11 is 0. The molecule has 0 aliphatic heterocycles. The highest BCUT2D eigenvalue weighted by Crippen LogP contribution is 2.30. The van der Waals surface area contributed by atoms with Gasteiger partial charge < -0.3 is 9.84 Å². The molecule has 1 atom stereocenters. The molecule has 2 heteroatoms. The first-order chi connectivity index (χ1) is 5.33. The van der Waals surface area contributed by atoms with Crippen molar-refractivity contribution in [2.75, 3.05) is 13.2 Å². The number of hydrogen-bond donors (Lipinski definition) is 1. The van der Waals surface area contributed by atoms with Crippen molar-refractivity contribution in [3.05, 3.63) is 0 Å². The summed E-state index contributed by atoms with van der Waals surface area (Å²) in [7, 11) is 0. The Bertz CT molecular complexity index is 99.7. The Labute approximate surface area is 68.6 Å². The van der Waals surface area contributed by atoms with Crippen LogP contribution < -0.4 is 0 Å². The molecule has 0 aromatic heterocycles. The van der Waals surface area contributed by atoms with Crippen LogP contribution in [0, 0.1) is 5.92 Å². The Kier molecular flexibility index (Phi) is 3.87. The third-order valence-corrected chi connectivity index (χ3v) is 2.34. The summed E-state index contributed by atoms with van der Waals surface area (Å²) in [5.74, 6) is 0.783. The summed E-state index contributed by atoms with van der Waals surface area (Å²) in [5.41, 5.74) is 0. The Morgan fingerprint density at radius 1 is 1.55 bits per heavy atom. The van der Waals surface area contributed by atoms with Crippen LogP contribution in [0.3, 0.4) is 0 Å². The van der Waals surface area contributed by atoms with Crippen LogP contribution in [0.2, 0.25) is 0 Å². The lowest BCUT2D eigenvalue weighted by molar-refractivity contribution is 0.0214. The van der Waals surface area contributed by atoms with Crippen molar-refractivity contribution in [2.45, 2.75) is 38.7 Å². The van der Waals surface area contributed by atoms with E-state index in [1.807, 2.05) is 6.92 Å². The molecule has 1 unspecified atom stereocenters. The average Bonchev–Trinajstić information content (AvgIpc) is 1.93. The monoisotopic (exact) mass is 158 g/mol. The summed E-state index contributed by atoms with van der Waals surface area (Å²) < 4.78 is 5.11. The maximum atomic E-state index is 9.39. The molecule has 2 nitrogen and oxygen atoms in total. The third kappa shape index (κ3) is 3.21. The molecule has 1 N–H and O–H groups in total. The molecule has 0 spiro atoms. The molecule has 0 aromatic carbocycles. The summed E-state index contributed by atoms with van der Waals surface area (Å²) in [6.07, 6.45) is 4.69. The summed E-state index contributed by atoms with van der Waals surface area (Å²) in [5, 5.41) is 9.39. The van der Waals surface area contributed by atoms with Crippen LogP contribution in [-0.4, -0.2) is 24.4 Å². The standard InChI is InChI=1S/C9H18O2/c1-2-11-7-9(10)6-8-4-3-5-8/h8-10H,2-7H2,1H3. The van der Waals surface area contributed by atoms with E-state index in [4.69, 9.17) is 4.74 Å². The lowest BCUT2D eigenvalue weighted by Crippen LogP contribution is -2.23. The highest BCUT2D eigenvalue weighted by atomic mass is 16.5. The van der Waals surface area contributed by atoms with Gasteiger partial charge in [-0.1, -0.05) is 19.3 Å². The molecule has 1 aliphatic carbocycles. The summed E-state index contributed by atoms with van der Waals surface area (Å²) in [4.78, 5) is 0. The molecule has 1 rings (SSSR count). The first-order valence-corrected chi connectivity index (χ1v) is 4.58. The predicted molar refractivity (Wildman–Crippen MR) is 44.5 cm³/mol. The van der Waals surface area contributed by atoms with Crippen LogP contribution in [0.4, 0.5) is 0 Å². The molecule has 0 heterocycles. The van der Waals surface area contributed by atoms with Gasteiger partial charge in [0.1, 0.15) is 0 Å². The van der Waals surface area contributed by atoms with Crippen molar-refractivity contribution in [3.8, 4) is 0 Å². The van der Waals surface area contributed by atoms with Crippen LogP contribution in [0.1, 0.15) is 32.6 Å². The summed E-state index contributed by atoms with van der Waals surface area (Å²) in [6, 6.07) is 0. The molecule has 11 heavy (non-hydrogen) atoms. The minimum Gasteiger partial charge on any atom is -0.391 e. The lowest BCUT2D eigenvalue weighted by Gasteiger charge is -2.27. The minimum absolute atomic E-state index is 0.222. The Morgan fingerprint density at radius 2 is 2.27 bits per heavy atom. The Balaban J connectivity index is 1.95. The number of ether oxygens (including phenoxy) is 1. The van der Waals surface area contributed by atoms with Gasteiger partial charge in [0, 0.05) is 6.61 Å². The second-order valence-electron chi connectivity index (χ2n) is 3.35. The van der Waals surface area contributed by atoms with Gasteiger partial charge in [-0.05, 0) is 19.3 Å².